The SMILES string of the molecule is CC(C)(NC(=O)CC#N)c1ccc2ccccc2c1. The fourth-order valence-corrected chi connectivity index (χ4v) is 2.11. The van der Waals surface area contributed by atoms with Gasteiger partial charge in [0.05, 0.1) is 11.6 Å². The lowest BCUT2D eigenvalue weighted by Gasteiger charge is -2.27. The second kappa shape index (κ2) is 5.11. The van der Waals surface area contributed by atoms with Crippen LogP contribution < -0.4 is 5.32 Å². The van der Waals surface area contributed by atoms with Crippen LogP contribution in [0.3, 0.4) is 0 Å². The lowest BCUT2D eigenvalue weighted by atomic mass is 9.92. The lowest BCUT2D eigenvalue weighted by Crippen LogP contribution is -2.40. The second-order valence-electron chi connectivity index (χ2n) is 5.07. The topological polar surface area (TPSA) is 52.9 Å². The van der Waals surface area contributed by atoms with Crippen molar-refractivity contribution in [2.24, 2.45) is 0 Å². The minimum atomic E-state index is -0.488. The van der Waals surface area contributed by atoms with E-state index >= 15 is 0 Å². The summed E-state index contributed by atoms with van der Waals surface area (Å²) in [6.07, 6.45) is -0.114. The average Bonchev–Trinajstić information content (AvgIpc) is 2.37. The molecule has 2 aromatic rings. The molecule has 0 radical (unpaired) electrons. The number of nitrogens with zero attached hydrogens (tertiary/aromatic N) is 1. The number of rotatable bonds is 3. The standard InChI is InChI=1S/C16H16N2O/c1-16(2,18-15(19)9-10-17)14-8-7-12-5-3-4-6-13(12)11-14/h3-8,11H,9H2,1-2H3,(H,18,19). The number of carbonyl (C=O) groups excluding carboxylic acids is 1. The largest absolute Gasteiger partial charge is 0.346 e. The zero-order valence-corrected chi connectivity index (χ0v) is 11.1. The van der Waals surface area contributed by atoms with Gasteiger partial charge >= 0.3 is 0 Å². The molecule has 3 nitrogen and oxygen atoms in total. The highest BCUT2D eigenvalue weighted by molar-refractivity contribution is 5.84. The van der Waals surface area contributed by atoms with Crippen molar-refractivity contribution >= 4 is 16.7 Å². The Morgan fingerprint density at radius 2 is 1.89 bits per heavy atom. The minimum Gasteiger partial charge on any atom is -0.346 e. The van der Waals surface area contributed by atoms with Gasteiger partial charge in [-0.2, -0.15) is 5.26 Å². The number of benzene rings is 2. The van der Waals surface area contributed by atoms with E-state index in [0.717, 1.165) is 10.9 Å². The molecule has 0 bridgehead atoms. The van der Waals surface area contributed by atoms with Gasteiger partial charge in [-0.3, -0.25) is 4.79 Å². The Bertz CT molecular complexity index is 653. The summed E-state index contributed by atoms with van der Waals surface area (Å²) < 4.78 is 0. The maximum atomic E-state index is 11.6. The molecule has 0 aliphatic heterocycles. The van der Waals surface area contributed by atoms with Crippen LogP contribution in [0.2, 0.25) is 0 Å². The van der Waals surface area contributed by atoms with Crippen LogP contribution in [0, 0.1) is 11.3 Å². The Hall–Kier alpha value is -2.34. The van der Waals surface area contributed by atoms with Gasteiger partial charge in [-0.1, -0.05) is 36.4 Å². The molecule has 3 heteroatoms. The molecule has 2 rings (SSSR count). The predicted molar refractivity (Wildman–Crippen MR) is 75.3 cm³/mol. The Kier molecular flexibility index (Phi) is 3.52. The Morgan fingerprint density at radius 1 is 1.21 bits per heavy atom. The maximum Gasteiger partial charge on any atom is 0.234 e. The molecule has 0 atom stereocenters. The first-order valence-corrected chi connectivity index (χ1v) is 6.20. The molecule has 19 heavy (non-hydrogen) atoms. The van der Waals surface area contributed by atoms with Gasteiger partial charge in [0.15, 0.2) is 0 Å². The molecule has 2 aromatic carbocycles. The first-order valence-electron chi connectivity index (χ1n) is 6.20. The summed E-state index contributed by atoms with van der Waals surface area (Å²) in [5.74, 6) is -0.249. The smallest absolute Gasteiger partial charge is 0.234 e. The summed E-state index contributed by atoms with van der Waals surface area (Å²) in [5, 5.41) is 13.7. The predicted octanol–water partition coefficient (Wildman–Crippen LogP) is 3.10. The molecule has 1 N–H and O–H groups in total. The van der Waals surface area contributed by atoms with E-state index in [1.165, 1.54) is 5.39 Å². The number of carbonyl (C=O) groups is 1. The van der Waals surface area contributed by atoms with Gasteiger partial charge in [-0.05, 0) is 36.2 Å². The Morgan fingerprint density at radius 3 is 2.58 bits per heavy atom. The molecular formula is C16H16N2O. The van der Waals surface area contributed by atoms with Crippen molar-refractivity contribution in [3.63, 3.8) is 0 Å². The second-order valence-corrected chi connectivity index (χ2v) is 5.07. The highest BCUT2D eigenvalue weighted by atomic mass is 16.1. The van der Waals surface area contributed by atoms with Crippen molar-refractivity contribution in [2.75, 3.05) is 0 Å². The molecule has 0 aromatic heterocycles. The minimum absolute atomic E-state index is 0.114. The van der Waals surface area contributed by atoms with E-state index in [1.807, 2.05) is 50.2 Å². The van der Waals surface area contributed by atoms with E-state index in [-0.39, 0.29) is 12.3 Å². The van der Waals surface area contributed by atoms with Crippen molar-refractivity contribution in [3.05, 3.63) is 48.0 Å². The monoisotopic (exact) mass is 252 g/mol. The van der Waals surface area contributed by atoms with Gasteiger partial charge in [0.25, 0.3) is 0 Å². The lowest BCUT2D eigenvalue weighted by molar-refractivity contribution is -0.121. The van der Waals surface area contributed by atoms with Crippen LogP contribution in [0.15, 0.2) is 42.5 Å². The highest BCUT2D eigenvalue weighted by Gasteiger charge is 2.22. The first kappa shape index (κ1) is 13.1. The fourth-order valence-electron chi connectivity index (χ4n) is 2.11. The van der Waals surface area contributed by atoms with Crippen molar-refractivity contribution in [1.29, 1.82) is 5.26 Å². The molecular weight excluding hydrogens is 236 g/mol. The number of hydrogen-bond donors (Lipinski definition) is 1. The van der Waals surface area contributed by atoms with E-state index in [1.54, 1.807) is 0 Å². The van der Waals surface area contributed by atoms with Crippen LogP contribution in [-0.2, 0) is 10.3 Å². The molecule has 1 amide bonds. The third-order valence-electron chi connectivity index (χ3n) is 3.16. The van der Waals surface area contributed by atoms with E-state index in [0.29, 0.717) is 0 Å². The molecule has 0 spiro atoms. The highest BCUT2D eigenvalue weighted by Crippen LogP contribution is 2.24. The number of nitrogens with one attached hydrogen (secondary N) is 1. The third kappa shape index (κ3) is 2.92. The zero-order valence-electron chi connectivity index (χ0n) is 11.1. The van der Waals surface area contributed by atoms with E-state index < -0.39 is 5.54 Å². The fraction of sp³-hybridized carbons (Fsp3) is 0.250. The molecule has 0 aliphatic carbocycles. The quantitative estimate of drug-likeness (QED) is 0.912. The number of fused-ring (bicyclic) bond motifs is 1. The summed E-state index contributed by atoms with van der Waals surface area (Å²) in [5.41, 5.74) is 0.537. The summed E-state index contributed by atoms with van der Waals surface area (Å²) in [6, 6.07) is 16.1. The Labute approximate surface area is 112 Å². The van der Waals surface area contributed by atoms with Gasteiger partial charge < -0.3 is 5.32 Å². The summed E-state index contributed by atoms with van der Waals surface area (Å²) in [7, 11) is 0. The van der Waals surface area contributed by atoms with Crippen molar-refractivity contribution in [1.82, 2.24) is 5.32 Å². The van der Waals surface area contributed by atoms with E-state index in [9.17, 15) is 4.79 Å². The van der Waals surface area contributed by atoms with Crippen LogP contribution >= 0.6 is 0 Å². The van der Waals surface area contributed by atoms with Crippen LogP contribution in [0.1, 0.15) is 25.8 Å². The van der Waals surface area contributed by atoms with Gasteiger partial charge in [-0.25, -0.2) is 0 Å². The maximum absolute atomic E-state index is 11.6. The number of hydrogen-bond acceptors (Lipinski definition) is 2. The van der Waals surface area contributed by atoms with Crippen molar-refractivity contribution in [2.45, 2.75) is 25.8 Å². The van der Waals surface area contributed by atoms with Crippen LogP contribution in [0.4, 0.5) is 0 Å². The van der Waals surface area contributed by atoms with Gasteiger partial charge in [0, 0.05) is 0 Å². The van der Waals surface area contributed by atoms with Crippen LogP contribution in [0.25, 0.3) is 10.8 Å². The van der Waals surface area contributed by atoms with Gasteiger partial charge in [-0.15, -0.1) is 0 Å². The summed E-state index contributed by atoms with van der Waals surface area (Å²) in [6.45, 7) is 3.87. The van der Waals surface area contributed by atoms with Crippen LogP contribution in [0.5, 0.6) is 0 Å². The molecule has 96 valence electrons. The van der Waals surface area contributed by atoms with E-state index in [2.05, 4.69) is 17.4 Å². The van der Waals surface area contributed by atoms with Crippen molar-refractivity contribution < 1.29 is 4.79 Å². The molecule has 0 fully saturated rings. The average molecular weight is 252 g/mol. The molecule has 0 aliphatic rings. The Balaban J connectivity index is 2.32. The van der Waals surface area contributed by atoms with Gasteiger partial charge in [0.1, 0.15) is 6.42 Å². The third-order valence-corrected chi connectivity index (χ3v) is 3.16. The molecule has 0 unspecified atom stereocenters. The number of nitriles is 1. The van der Waals surface area contributed by atoms with Crippen molar-refractivity contribution in [3.8, 4) is 6.07 Å². The molecule has 0 heterocycles. The molecule has 0 saturated carbocycles. The van der Waals surface area contributed by atoms with Crippen LogP contribution in [-0.4, -0.2) is 5.91 Å². The number of amides is 1. The van der Waals surface area contributed by atoms with E-state index in [4.69, 9.17) is 5.26 Å². The summed E-state index contributed by atoms with van der Waals surface area (Å²) >= 11 is 0. The molecule has 0 saturated heterocycles. The normalized spacial score (nSPS) is 11.0. The summed E-state index contributed by atoms with van der Waals surface area (Å²) in [4.78, 5) is 11.6. The van der Waals surface area contributed by atoms with Gasteiger partial charge in [0.2, 0.25) is 5.91 Å². The zero-order chi connectivity index (χ0) is 13.9. The first-order chi connectivity index (χ1) is 9.03.